The van der Waals surface area contributed by atoms with Gasteiger partial charge in [-0.1, -0.05) is 27.7 Å². The van der Waals surface area contributed by atoms with E-state index in [2.05, 4.69) is 37.9 Å². The van der Waals surface area contributed by atoms with Crippen LogP contribution in [0.15, 0.2) is 0 Å². The number of methoxy groups -OCH3 is 1. The van der Waals surface area contributed by atoms with Gasteiger partial charge in [-0.2, -0.15) is 11.8 Å². The average Bonchev–Trinajstić information content (AvgIpc) is 2.44. The maximum atomic E-state index is 12.4. The molecule has 1 aliphatic heterocycles. The standard InChI is InChI=1S/C15H30N2O2S/c1-6-17(7-2)10-9-16-15(13(18)19-5)12-20-11-8-14(15,3)4/h16H,6-12H2,1-5H3. The van der Waals surface area contributed by atoms with Crippen LogP contribution in [-0.2, 0) is 9.53 Å². The van der Waals surface area contributed by atoms with Gasteiger partial charge in [0.15, 0.2) is 0 Å². The monoisotopic (exact) mass is 302 g/mol. The average molecular weight is 302 g/mol. The molecule has 1 rings (SSSR count). The topological polar surface area (TPSA) is 41.6 Å². The summed E-state index contributed by atoms with van der Waals surface area (Å²) in [4.78, 5) is 14.8. The molecule has 1 unspecified atom stereocenters. The van der Waals surface area contributed by atoms with E-state index in [0.717, 1.165) is 44.1 Å². The van der Waals surface area contributed by atoms with Crippen molar-refractivity contribution in [1.82, 2.24) is 10.2 Å². The molecule has 0 aromatic rings. The molecule has 1 atom stereocenters. The molecular weight excluding hydrogens is 272 g/mol. The van der Waals surface area contributed by atoms with E-state index in [4.69, 9.17) is 4.74 Å². The van der Waals surface area contributed by atoms with Crippen LogP contribution in [-0.4, -0.2) is 61.2 Å². The highest BCUT2D eigenvalue weighted by Crippen LogP contribution is 2.43. The molecule has 0 aliphatic carbocycles. The number of esters is 1. The lowest BCUT2D eigenvalue weighted by Crippen LogP contribution is -2.66. The van der Waals surface area contributed by atoms with Crippen molar-refractivity contribution >= 4 is 17.7 Å². The molecule has 1 fully saturated rings. The van der Waals surface area contributed by atoms with Crippen molar-refractivity contribution in [3.63, 3.8) is 0 Å². The Morgan fingerprint density at radius 3 is 2.50 bits per heavy atom. The number of hydrogen-bond acceptors (Lipinski definition) is 5. The Bertz CT molecular complexity index is 319. The lowest BCUT2D eigenvalue weighted by atomic mass is 9.70. The van der Waals surface area contributed by atoms with E-state index < -0.39 is 5.54 Å². The minimum atomic E-state index is -0.558. The number of nitrogens with zero attached hydrogens (tertiary/aromatic N) is 1. The van der Waals surface area contributed by atoms with Crippen LogP contribution in [0, 0.1) is 5.41 Å². The molecule has 4 nitrogen and oxygen atoms in total. The number of carbonyl (C=O) groups is 1. The summed E-state index contributed by atoms with van der Waals surface area (Å²) < 4.78 is 5.11. The van der Waals surface area contributed by atoms with Crippen LogP contribution in [0.1, 0.15) is 34.1 Å². The maximum Gasteiger partial charge on any atom is 0.327 e. The fourth-order valence-corrected chi connectivity index (χ4v) is 4.52. The minimum absolute atomic E-state index is 0.0748. The molecule has 0 spiro atoms. The van der Waals surface area contributed by atoms with Gasteiger partial charge in [0.25, 0.3) is 0 Å². The van der Waals surface area contributed by atoms with E-state index in [0.29, 0.717) is 0 Å². The smallest absolute Gasteiger partial charge is 0.327 e. The van der Waals surface area contributed by atoms with Crippen molar-refractivity contribution in [3.8, 4) is 0 Å². The van der Waals surface area contributed by atoms with Crippen LogP contribution >= 0.6 is 11.8 Å². The summed E-state index contributed by atoms with van der Waals surface area (Å²) in [7, 11) is 1.49. The first kappa shape index (κ1) is 17.8. The van der Waals surface area contributed by atoms with Gasteiger partial charge >= 0.3 is 5.97 Å². The number of rotatable bonds is 7. The zero-order chi connectivity index (χ0) is 15.2. The second-order valence-electron chi connectivity index (χ2n) is 6.04. The van der Waals surface area contributed by atoms with Crippen LogP contribution in [0.5, 0.6) is 0 Å². The lowest BCUT2D eigenvalue weighted by molar-refractivity contribution is -0.153. The quantitative estimate of drug-likeness (QED) is 0.729. The highest BCUT2D eigenvalue weighted by atomic mass is 32.2. The van der Waals surface area contributed by atoms with E-state index in [9.17, 15) is 4.79 Å². The zero-order valence-corrected chi connectivity index (χ0v) is 14.4. The summed E-state index contributed by atoms with van der Waals surface area (Å²) in [6.07, 6.45) is 1.03. The first-order valence-corrected chi connectivity index (χ1v) is 8.72. The van der Waals surface area contributed by atoms with Crippen molar-refractivity contribution in [1.29, 1.82) is 0 Å². The third-order valence-corrected chi connectivity index (χ3v) is 5.76. The number of ether oxygens (including phenoxy) is 1. The molecule has 0 radical (unpaired) electrons. The first-order valence-electron chi connectivity index (χ1n) is 7.57. The number of thioether (sulfide) groups is 1. The Kier molecular flexibility index (Phi) is 6.82. The number of likely N-dealkylation sites (N-methyl/N-ethyl adjacent to an activating group) is 1. The van der Waals surface area contributed by atoms with Gasteiger partial charge in [-0.05, 0) is 30.7 Å². The van der Waals surface area contributed by atoms with Crippen molar-refractivity contribution < 1.29 is 9.53 Å². The summed E-state index contributed by atoms with van der Waals surface area (Å²) in [5, 5.41) is 3.54. The van der Waals surface area contributed by atoms with Gasteiger partial charge in [0, 0.05) is 18.8 Å². The van der Waals surface area contributed by atoms with Gasteiger partial charge < -0.3 is 9.64 Å². The summed E-state index contributed by atoms with van der Waals surface area (Å²) >= 11 is 1.84. The third kappa shape index (κ3) is 3.68. The molecule has 0 amide bonds. The molecule has 0 aromatic heterocycles. The summed E-state index contributed by atoms with van der Waals surface area (Å²) in [5.41, 5.74) is -0.633. The van der Waals surface area contributed by atoms with Gasteiger partial charge in [-0.25, -0.2) is 0 Å². The predicted molar refractivity (Wildman–Crippen MR) is 86.3 cm³/mol. The van der Waals surface area contributed by atoms with Gasteiger partial charge in [-0.15, -0.1) is 0 Å². The predicted octanol–water partition coefficient (Wildman–Crippen LogP) is 1.99. The number of carbonyl (C=O) groups excluding carboxylic acids is 1. The summed E-state index contributed by atoms with van der Waals surface area (Å²) in [6, 6.07) is 0. The Balaban J connectivity index is 2.77. The molecule has 118 valence electrons. The Labute approximate surface area is 128 Å². The molecular formula is C15H30N2O2S. The molecule has 1 aliphatic rings. The fourth-order valence-electron chi connectivity index (χ4n) is 2.80. The van der Waals surface area contributed by atoms with Crippen LogP contribution in [0.4, 0.5) is 0 Å². The fraction of sp³-hybridized carbons (Fsp3) is 0.933. The second kappa shape index (κ2) is 7.66. The minimum Gasteiger partial charge on any atom is -0.468 e. The second-order valence-corrected chi connectivity index (χ2v) is 7.14. The Morgan fingerprint density at radius 1 is 1.35 bits per heavy atom. The van der Waals surface area contributed by atoms with Gasteiger partial charge in [-0.3, -0.25) is 10.1 Å². The largest absolute Gasteiger partial charge is 0.468 e. The van der Waals surface area contributed by atoms with Crippen molar-refractivity contribution in [2.24, 2.45) is 5.41 Å². The molecule has 0 aromatic carbocycles. The van der Waals surface area contributed by atoms with Crippen molar-refractivity contribution in [2.45, 2.75) is 39.7 Å². The van der Waals surface area contributed by atoms with E-state index >= 15 is 0 Å². The van der Waals surface area contributed by atoms with Gasteiger partial charge in [0.05, 0.1) is 7.11 Å². The lowest BCUT2D eigenvalue weighted by Gasteiger charge is -2.48. The van der Waals surface area contributed by atoms with Crippen LogP contribution in [0.3, 0.4) is 0 Å². The van der Waals surface area contributed by atoms with Crippen LogP contribution in [0.25, 0.3) is 0 Å². The summed E-state index contributed by atoms with van der Waals surface area (Å²) in [6.45, 7) is 12.6. The highest BCUT2D eigenvalue weighted by molar-refractivity contribution is 7.99. The Morgan fingerprint density at radius 2 is 2.00 bits per heavy atom. The zero-order valence-electron chi connectivity index (χ0n) is 13.6. The molecule has 20 heavy (non-hydrogen) atoms. The molecule has 1 saturated heterocycles. The molecule has 1 heterocycles. The third-order valence-electron chi connectivity index (χ3n) is 4.63. The van der Waals surface area contributed by atoms with Crippen molar-refractivity contribution in [2.75, 3.05) is 44.8 Å². The number of nitrogens with one attached hydrogen (secondary N) is 1. The van der Waals surface area contributed by atoms with Gasteiger partial charge in [0.1, 0.15) is 5.54 Å². The van der Waals surface area contributed by atoms with Crippen LogP contribution in [0.2, 0.25) is 0 Å². The molecule has 0 saturated carbocycles. The maximum absolute atomic E-state index is 12.4. The van der Waals surface area contributed by atoms with Crippen LogP contribution < -0.4 is 5.32 Å². The van der Waals surface area contributed by atoms with E-state index in [1.54, 1.807) is 0 Å². The highest BCUT2D eigenvalue weighted by Gasteiger charge is 2.53. The molecule has 0 bridgehead atoms. The first-order chi connectivity index (χ1) is 9.43. The Hall–Kier alpha value is -0.260. The SMILES string of the molecule is CCN(CC)CCNC1(C(=O)OC)CSCCC1(C)C. The van der Waals surface area contributed by atoms with E-state index in [1.807, 2.05) is 11.8 Å². The number of hydrogen-bond donors (Lipinski definition) is 1. The molecule has 1 N–H and O–H groups in total. The van der Waals surface area contributed by atoms with E-state index in [-0.39, 0.29) is 11.4 Å². The van der Waals surface area contributed by atoms with E-state index in [1.165, 1.54) is 7.11 Å². The normalized spacial score (nSPS) is 25.7. The summed E-state index contributed by atoms with van der Waals surface area (Å²) in [5.74, 6) is 1.79. The molecule has 5 heteroatoms. The van der Waals surface area contributed by atoms with Gasteiger partial charge in [0.2, 0.25) is 0 Å². The van der Waals surface area contributed by atoms with Crippen molar-refractivity contribution in [3.05, 3.63) is 0 Å².